The van der Waals surface area contributed by atoms with Gasteiger partial charge < -0.3 is 40.8 Å². The van der Waals surface area contributed by atoms with Gasteiger partial charge in [0.1, 0.15) is 23.4 Å². The van der Waals surface area contributed by atoms with Gasteiger partial charge in [0.15, 0.2) is 0 Å². The number of nitrogens with zero attached hydrogens (tertiary/aromatic N) is 1. The summed E-state index contributed by atoms with van der Waals surface area (Å²) in [5, 5.41) is 49.8. The Morgan fingerprint density at radius 1 is 1.04 bits per heavy atom. The second kappa shape index (κ2) is 18.2. The molecule has 0 bridgehead atoms. The van der Waals surface area contributed by atoms with Crippen LogP contribution in [-0.4, -0.2) is 73.2 Å². The zero-order valence-corrected chi connectivity index (χ0v) is 30.0. The molecule has 1 aliphatic heterocycles. The molecule has 1 heterocycles. The van der Waals surface area contributed by atoms with Crippen LogP contribution >= 0.6 is 11.6 Å². The topological polar surface area (TPSA) is 174 Å². The quantitative estimate of drug-likeness (QED) is 0.0872. The summed E-state index contributed by atoms with van der Waals surface area (Å²) in [6.45, 7) is 2.32. The van der Waals surface area contributed by atoms with Crippen molar-refractivity contribution in [1.82, 2.24) is 15.5 Å². The monoisotopic (exact) mass is 735 g/mol. The number of carboxylic acid groups (broad SMARTS) is 1. The Morgan fingerprint density at radius 2 is 1.70 bits per heavy atom. The first-order chi connectivity index (χ1) is 23.8. The van der Waals surface area contributed by atoms with Crippen molar-refractivity contribution in [3.05, 3.63) is 76.2 Å². The highest BCUT2D eigenvalue weighted by Crippen LogP contribution is 2.49. The first kappa shape index (κ1) is 39.4. The van der Waals surface area contributed by atoms with Gasteiger partial charge in [0.25, 0.3) is 0 Å². The molecule has 1 saturated heterocycles. The molecule has 276 valence electrons. The van der Waals surface area contributed by atoms with Crippen molar-refractivity contribution in [2.45, 2.75) is 88.2 Å². The van der Waals surface area contributed by atoms with E-state index in [1.54, 1.807) is 24.3 Å². The predicted molar refractivity (Wildman–Crippen MR) is 191 cm³/mol. The second-order valence-corrected chi connectivity index (χ2v) is 15.5. The van der Waals surface area contributed by atoms with Gasteiger partial charge in [0.05, 0.1) is 23.1 Å². The number of amides is 1. The van der Waals surface area contributed by atoms with E-state index in [0.717, 1.165) is 51.2 Å². The van der Waals surface area contributed by atoms with Crippen LogP contribution in [0.5, 0.6) is 11.5 Å². The van der Waals surface area contributed by atoms with Crippen molar-refractivity contribution in [2.24, 2.45) is 0 Å². The van der Waals surface area contributed by atoms with Crippen molar-refractivity contribution in [3.63, 3.8) is 0 Å². The average molecular weight is 736 g/mol. The fourth-order valence-corrected chi connectivity index (χ4v) is 7.71. The van der Waals surface area contributed by atoms with Crippen LogP contribution in [0.1, 0.15) is 87.9 Å². The number of rotatable bonds is 18. The number of anilines is 1. The van der Waals surface area contributed by atoms with Gasteiger partial charge >= 0.3 is 0 Å². The summed E-state index contributed by atoms with van der Waals surface area (Å²) < 4.78 is 40.4. The number of halogens is 2. The average Bonchev–Trinajstić information content (AvgIpc) is 3.06. The van der Waals surface area contributed by atoms with E-state index in [9.17, 15) is 33.6 Å². The minimum atomic E-state index is -3.58. The number of carbonyl (C=O) groups is 1. The summed E-state index contributed by atoms with van der Waals surface area (Å²) in [6.07, 6.45) is 9.89. The normalized spacial score (nSPS) is 19.0. The largest absolute Gasteiger partial charge is 0.530 e. The Morgan fingerprint density at radius 3 is 2.36 bits per heavy atom. The van der Waals surface area contributed by atoms with Gasteiger partial charge in [-0.2, -0.15) is 0 Å². The van der Waals surface area contributed by atoms with Crippen LogP contribution in [0.4, 0.5) is 14.9 Å². The SMILES string of the molecule is CS(=O)(=O)Nc1cc([C@@H](O)CNCCCCCCCCCC2(c3ccc(O)c(Cl)c3)CC(F)=CC=C2N(C(=O)[O-])C2CCNCC2)ccc1O. The highest BCUT2D eigenvalue weighted by Gasteiger charge is 2.43. The number of unbranched alkanes of at least 4 members (excludes halogenated alkanes) is 6. The molecule has 2 aromatic carbocycles. The molecule has 14 heteroatoms. The summed E-state index contributed by atoms with van der Waals surface area (Å²) in [4.78, 5) is 14.0. The van der Waals surface area contributed by atoms with Crippen LogP contribution in [0.15, 0.2) is 60.1 Å². The van der Waals surface area contributed by atoms with Crippen LogP contribution < -0.4 is 20.5 Å². The molecule has 4 rings (SSSR count). The smallest absolute Gasteiger partial charge is 0.229 e. The van der Waals surface area contributed by atoms with E-state index in [2.05, 4.69) is 15.4 Å². The Bertz CT molecular complexity index is 1630. The van der Waals surface area contributed by atoms with Crippen LogP contribution in [0.25, 0.3) is 0 Å². The Labute approximate surface area is 299 Å². The first-order valence-corrected chi connectivity index (χ1v) is 19.5. The molecule has 0 spiro atoms. The molecule has 11 nitrogen and oxygen atoms in total. The van der Waals surface area contributed by atoms with E-state index in [4.69, 9.17) is 11.6 Å². The Balaban J connectivity index is 1.27. The molecule has 1 unspecified atom stereocenters. The number of carbonyl (C=O) groups excluding carboxylic acids is 1. The molecule has 1 fully saturated rings. The van der Waals surface area contributed by atoms with Gasteiger partial charge in [-0.3, -0.25) is 4.72 Å². The van der Waals surface area contributed by atoms with Gasteiger partial charge in [-0.25, -0.2) is 12.8 Å². The lowest BCUT2D eigenvalue weighted by Gasteiger charge is -2.47. The number of nitrogens with one attached hydrogen (secondary N) is 3. The maximum Gasteiger partial charge on any atom is 0.229 e. The number of hydrogen-bond donors (Lipinski definition) is 6. The molecule has 1 amide bonds. The van der Waals surface area contributed by atoms with E-state index in [0.29, 0.717) is 55.7 Å². The molecule has 0 radical (unpaired) electrons. The lowest BCUT2D eigenvalue weighted by molar-refractivity contribution is -0.266. The first-order valence-electron chi connectivity index (χ1n) is 17.3. The summed E-state index contributed by atoms with van der Waals surface area (Å²) in [5.41, 5.74) is 0.638. The van der Waals surface area contributed by atoms with Crippen molar-refractivity contribution >= 4 is 33.4 Å². The number of benzene rings is 2. The van der Waals surface area contributed by atoms with Crippen LogP contribution in [-0.2, 0) is 15.4 Å². The van der Waals surface area contributed by atoms with E-state index in [1.165, 1.54) is 29.2 Å². The number of phenolic OH excluding ortho intramolecular Hbond substituents is 2. The maximum absolute atomic E-state index is 15.1. The molecule has 0 saturated carbocycles. The third-order valence-corrected chi connectivity index (χ3v) is 10.4. The standard InChI is InChI=1S/C36H50ClFN4O7S/c1-50(48,49)41-30-21-25(9-12-32(30)44)33(45)24-40-18-8-6-4-2-3-5-7-17-36(26-10-13-31(43)29(37)22-26)23-27(38)11-14-34(36)42(35(46)47)28-15-19-39-20-16-28/h9-14,21-22,28,33,39-41,43-45H,2-8,15-20,23-24H2,1H3,(H,46,47)/p-1/t33-,36?/m0/s1. The number of allylic oxidation sites excluding steroid dienone is 4. The van der Waals surface area contributed by atoms with Crippen molar-refractivity contribution in [1.29, 1.82) is 0 Å². The number of aliphatic hydroxyl groups excluding tert-OH is 1. The number of phenols is 2. The van der Waals surface area contributed by atoms with Crippen LogP contribution in [0.2, 0.25) is 5.02 Å². The van der Waals surface area contributed by atoms with Crippen LogP contribution in [0.3, 0.4) is 0 Å². The van der Waals surface area contributed by atoms with E-state index in [1.807, 2.05) is 0 Å². The Kier molecular flexibility index (Phi) is 14.4. The van der Waals surface area contributed by atoms with Gasteiger partial charge in [0.2, 0.25) is 10.0 Å². The summed E-state index contributed by atoms with van der Waals surface area (Å²) in [6, 6.07) is 8.79. The fraction of sp³-hybridized carbons (Fsp3) is 0.528. The number of sulfonamides is 1. The molecular formula is C36H49ClFN4O7S-. The number of aliphatic hydroxyl groups is 1. The van der Waals surface area contributed by atoms with Gasteiger partial charge in [-0.15, -0.1) is 0 Å². The number of aromatic hydroxyl groups is 2. The summed E-state index contributed by atoms with van der Waals surface area (Å²) >= 11 is 6.33. The molecule has 2 atom stereocenters. The molecule has 2 aliphatic rings. The lowest BCUT2D eigenvalue weighted by atomic mass is 9.68. The van der Waals surface area contributed by atoms with E-state index >= 15 is 4.39 Å². The van der Waals surface area contributed by atoms with Crippen molar-refractivity contribution in [3.8, 4) is 11.5 Å². The summed E-state index contributed by atoms with van der Waals surface area (Å²) in [7, 11) is -3.58. The minimum absolute atomic E-state index is 0.0121. The molecular weight excluding hydrogens is 687 g/mol. The molecule has 6 N–H and O–H groups in total. The van der Waals surface area contributed by atoms with Crippen molar-refractivity contribution in [2.75, 3.05) is 37.2 Å². The summed E-state index contributed by atoms with van der Waals surface area (Å²) in [5.74, 6) is -0.669. The van der Waals surface area contributed by atoms with Crippen molar-refractivity contribution < 1.29 is 38.0 Å². The molecule has 50 heavy (non-hydrogen) atoms. The zero-order valence-electron chi connectivity index (χ0n) is 28.5. The molecule has 2 aromatic rings. The van der Waals surface area contributed by atoms with Crippen LogP contribution in [0, 0.1) is 0 Å². The highest BCUT2D eigenvalue weighted by atomic mass is 35.5. The molecule has 0 aromatic heterocycles. The zero-order chi connectivity index (χ0) is 36.3. The fourth-order valence-electron chi connectivity index (χ4n) is 6.96. The van der Waals surface area contributed by atoms with E-state index in [-0.39, 0.29) is 47.0 Å². The van der Waals surface area contributed by atoms with Gasteiger partial charge in [-0.05, 0) is 92.9 Å². The van der Waals surface area contributed by atoms with E-state index < -0.39 is 27.6 Å². The molecule has 1 aliphatic carbocycles. The lowest BCUT2D eigenvalue weighted by Crippen LogP contribution is -2.54. The highest BCUT2D eigenvalue weighted by molar-refractivity contribution is 7.92. The predicted octanol–water partition coefficient (Wildman–Crippen LogP) is 5.34. The third-order valence-electron chi connectivity index (χ3n) is 9.51. The van der Waals surface area contributed by atoms with Gasteiger partial charge in [-0.1, -0.05) is 62.3 Å². The minimum Gasteiger partial charge on any atom is -0.530 e. The van der Waals surface area contributed by atoms with Gasteiger partial charge in [0, 0.05) is 30.1 Å². The Hall–Kier alpha value is -3.36. The number of piperidine rings is 1. The second-order valence-electron chi connectivity index (χ2n) is 13.3. The number of hydrogen-bond acceptors (Lipinski definition) is 9. The third kappa shape index (κ3) is 10.8. The maximum atomic E-state index is 15.1.